The van der Waals surface area contributed by atoms with Gasteiger partial charge in [-0.3, -0.25) is 9.69 Å². The van der Waals surface area contributed by atoms with Crippen molar-refractivity contribution in [3.63, 3.8) is 0 Å². The summed E-state index contributed by atoms with van der Waals surface area (Å²) in [6.45, 7) is 4.85. The third-order valence-electron chi connectivity index (χ3n) is 7.59. The number of piperidine rings is 2. The van der Waals surface area contributed by atoms with E-state index in [2.05, 4.69) is 37.1 Å². The lowest BCUT2D eigenvalue weighted by atomic mass is 9.96. The minimum atomic E-state index is -5.08. The number of carbonyl (C=O) groups excluding carboxylic acids is 1. The average Bonchev–Trinajstić information content (AvgIpc) is 3.38. The normalized spacial score (nSPS) is 22.8. The van der Waals surface area contributed by atoms with E-state index < -0.39 is 12.1 Å². The fourth-order valence-electron chi connectivity index (χ4n) is 5.51. The van der Waals surface area contributed by atoms with Gasteiger partial charge in [-0.2, -0.15) is 18.2 Å². The number of rotatable bonds is 6. The van der Waals surface area contributed by atoms with Crippen LogP contribution < -0.4 is 10.6 Å². The van der Waals surface area contributed by atoms with Crippen LogP contribution in [0.25, 0.3) is 0 Å². The van der Waals surface area contributed by atoms with Gasteiger partial charge in [0, 0.05) is 56.3 Å². The molecule has 0 saturated carbocycles. The first-order valence-electron chi connectivity index (χ1n) is 13.6. The largest absolute Gasteiger partial charge is 0.490 e. The summed E-state index contributed by atoms with van der Waals surface area (Å²) in [5, 5.41) is 14.8. The Hall–Kier alpha value is -3.10. The zero-order valence-electron chi connectivity index (χ0n) is 22.5. The molecule has 0 bridgehead atoms. The number of aromatic amines is 1. The van der Waals surface area contributed by atoms with Gasteiger partial charge < -0.3 is 25.4 Å². The van der Waals surface area contributed by atoms with Gasteiger partial charge in [0.1, 0.15) is 0 Å². The lowest BCUT2D eigenvalue weighted by molar-refractivity contribution is -0.192. The van der Waals surface area contributed by atoms with E-state index in [9.17, 15) is 18.0 Å². The molecule has 15 heteroatoms. The molecule has 5 rings (SSSR count). The first kappa shape index (κ1) is 30.8. The number of alkyl halides is 3. The van der Waals surface area contributed by atoms with Crippen molar-refractivity contribution < 1.29 is 32.6 Å². The van der Waals surface area contributed by atoms with E-state index in [-0.39, 0.29) is 12.0 Å². The predicted octanol–water partition coefficient (Wildman–Crippen LogP) is 2.97. The number of hydrogen-bond acceptors (Lipinski definition) is 8. The van der Waals surface area contributed by atoms with Crippen molar-refractivity contribution in [2.75, 3.05) is 50.0 Å². The first-order chi connectivity index (χ1) is 19.5. The van der Waals surface area contributed by atoms with Crippen LogP contribution in [0.4, 0.5) is 25.1 Å². The van der Waals surface area contributed by atoms with Crippen LogP contribution in [0.1, 0.15) is 37.7 Å². The number of carboxylic acids is 1. The number of carboxylic acid groups (broad SMARTS) is 1. The van der Waals surface area contributed by atoms with E-state index in [0.717, 1.165) is 63.3 Å². The standard InChI is InChI=1S/C24H34ClN7O2.C2HF3O2/c25-18-6-4-17(5-7-18)13-20-16-34-21(14-31-10-2-1-3-22(31)33)15-32(20)19-8-11-30(12-9-19)24-27-23(26)28-29-24;3-2(4,5)1(6)7/h4-7,19-21H,1-3,8-16H2,(H3,26,27,28,29);(H,6,7)/t20-,21-;/m0./s1. The third-order valence-corrected chi connectivity index (χ3v) is 7.84. The molecule has 0 aliphatic carbocycles. The van der Waals surface area contributed by atoms with Gasteiger partial charge in [0.15, 0.2) is 0 Å². The lowest BCUT2D eigenvalue weighted by Gasteiger charge is -2.47. The smallest absolute Gasteiger partial charge is 0.475 e. The van der Waals surface area contributed by atoms with Crippen LogP contribution >= 0.6 is 11.6 Å². The molecule has 1 aromatic heterocycles. The molecule has 226 valence electrons. The van der Waals surface area contributed by atoms with Crippen LogP contribution in [0.15, 0.2) is 24.3 Å². The molecule has 3 fully saturated rings. The van der Waals surface area contributed by atoms with Crippen molar-refractivity contribution >= 4 is 35.4 Å². The second kappa shape index (κ2) is 13.7. The molecule has 4 N–H and O–H groups in total. The van der Waals surface area contributed by atoms with Crippen molar-refractivity contribution in [3.8, 4) is 0 Å². The maximum absolute atomic E-state index is 12.4. The van der Waals surface area contributed by atoms with Crippen LogP contribution in [0.3, 0.4) is 0 Å². The van der Waals surface area contributed by atoms with Gasteiger partial charge in [-0.15, -0.1) is 5.10 Å². The lowest BCUT2D eigenvalue weighted by Crippen LogP contribution is -2.59. The van der Waals surface area contributed by atoms with E-state index >= 15 is 0 Å². The molecule has 0 radical (unpaired) electrons. The zero-order valence-corrected chi connectivity index (χ0v) is 23.3. The number of amides is 1. The number of anilines is 2. The summed E-state index contributed by atoms with van der Waals surface area (Å²) in [5.41, 5.74) is 6.98. The number of benzene rings is 1. The maximum atomic E-state index is 12.4. The van der Waals surface area contributed by atoms with Gasteiger partial charge in [-0.05, 0) is 49.8 Å². The van der Waals surface area contributed by atoms with Crippen molar-refractivity contribution in [2.45, 2.75) is 62.9 Å². The van der Waals surface area contributed by atoms with Gasteiger partial charge in [0.05, 0.1) is 12.7 Å². The number of hydrogen-bond donors (Lipinski definition) is 3. The summed E-state index contributed by atoms with van der Waals surface area (Å²) < 4.78 is 38.1. The van der Waals surface area contributed by atoms with E-state index in [1.54, 1.807) is 0 Å². The molecule has 2 aromatic rings. The van der Waals surface area contributed by atoms with Crippen molar-refractivity contribution in [2.24, 2.45) is 0 Å². The SMILES string of the molecule is Nc1nc(N2CCC(N3C[C@H](CN4CCCCC4=O)OC[C@@H]3Cc3ccc(Cl)cc3)CC2)n[nH]1.O=C(O)C(F)(F)F. The van der Waals surface area contributed by atoms with Gasteiger partial charge in [-0.25, -0.2) is 9.89 Å². The number of nitrogens with one attached hydrogen (secondary N) is 1. The summed E-state index contributed by atoms with van der Waals surface area (Å²) in [7, 11) is 0. The van der Waals surface area contributed by atoms with Crippen LogP contribution in [-0.2, 0) is 20.7 Å². The number of nitrogen functional groups attached to an aromatic ring is 1. The molecule has 3 aliphatic rings. The van der Waals surface area contributed by atoms with Crippen molar-refractivity contribution in [3.05, 3.63) is 34.9 Å². The summed E-state index contributed by atoms with van der Waals surface area (Å²) in [6, 6.07) is 8.87. The van der Waals surface area contributed by atoms with Gasteiger partial charge in [0.25, 0.3) is 0 Å². The topological polar surface area (TPSA) is 141 Å². The van der Waals surface area contributed by atoms with Crippen LogP contribution in [0, 0.1) is 0 Å². The molecule has 0 unspecified atom stereocenters. The molecule has 41 heavy (non-hydrogen) atoms. The fraction of sp³-hybridized carbons (Fsp3) is 0.615. The Morgan fingerprint density at radius 2 is 1.85 bits per heavy atom. The molecule has 0 spiro atoms. The van der Waals surface area contributed by atoms with Crippen molar-refractivity contribution in [1.29, 1.82) is 0 Å². The molecule has 3 aliphatic heterocycles. The second-order valence-corrected chi connectivity index (χ2v) is 10.9. The highest BCUT2D eigenvalue weighted by molar-refractivity contribution is 6.30. The third kappa shape index (κ3) is 8.69. The number of morpholine rings is 1. The number of nitrogens with two attached hydrogens (primary N) is 1. The Bertz CT molecular complexity index is 1160. The Labute approximate surface area is 240 Å². The van der Waals surface area contributed by atoms with E-state index in [1.807, 2.05) is 17.0 Å². The highest BCUT2D eigenvalue weighted by Gasteiger charge is 2.38. The predicted molar refractivity (Wildman–Crippen MR) is 146 cm³/mol. The summed E-state index contributed by atoms with van der Waals surface area (Å²) in [6.07, 6.45) is 0.706. The molecule has 2 atom stereocenters. The van der Waals surface area contributed by atoms with E-state index in [1.165, 1.54) is 5.56 Å². The van der Waals surface area contributed by atoms with Gasteiger partial charge in [-0.1, -0.05) is 23.7 Å². The molecule has 4 heterocycles. The molecule has 11 nitrogen and oxygen atoms in total. The number of ether oxygens (including phenoxy) is 1. The molecule has 3 saturated heterocycles. The molecule has 1 aromatic carbocycles. The summed E-state index contributed by atoms with van der Waals surface area (Å²) in [5.74, 6) is -1.46. The van der Waals surface area contributed by atoms with Crippen molar-refractivity contribution in [1.82, 2.24) is 25.0 Å². The first-order valence-corrected chi connectivity index (χ1v) is 14.0. The Morgan fingerprint density at radius 3 is 2.44 bits per heavy atom. The van der Waals surface area contributed by atoms with E-state index in [4.69, 9.17) is 32.0 Å². The summed E-state index contributed by atoms with van der Waals surface area (Å²) >= 11 is 6.10. The monoisotopic (exact) mass is 601 g/mol. The minimum absolute atomic E-state index is 0.0503. The number of likely N-dealkylation sites (tertiary alicyclic amines) is 1. The Morgan fingerprint density at radius 1 is 1.17 bits per heavy atom. The van der Waals surface area contributed by atoms with Crippen LogP contribution in [-0.4, -0.2) is 106 Å². The molecule has 1 amide bonds. The quantitative estimate of drug-likeness (QED) is 0.456. The van der Waals surface area contributed by atoms with Gasteiger partial charge >= 0.3 is 12.1 Å². The number of nitrogens with zero attached hydrogens (tertiary/aromatic N) is 5. The van der Waals surface area contributed by atoms with Gasteiger partial charge in [0.2, 0.25) is 17.8 Å². The highest BCUT2D eigenvalue weighted by atomic mass is 35.5. The number of H-pyrrole nitrogens is 1. The highest BCUT2D eigenvalue weighted by Crippen LogP contribution is 2.27. The Kier molecular flexibility index (Phi) is 10.3. The number of halogens is 4. The maximum Gasteiger partial charge on any atom is 0.490 e. The Balaban J connectivity index is 0.000000493. The minimum Gasteiger partial charge on any atom is -0.475 e. The van der Waals surface area contributed by atoms with Crippen LogP contribution in [0.2, 0.25) is 5.02 Å². The molecular formula is C26H35ClF3N7O4. The summed E-state index contributed by atoms with van der Waals surface area (Å²) in [4.78, 5) is 32.4. The van der Waals surface area contributed by atoms with E-state index in [0.29, 0.717) is 43.6 Å². The van der Waals surface area contributed by atoms with Crippen LogP contribution in [0.5, 0.6) is 0 Å². The number of aromatic nitrogens is 3. The average molecular weight is 602 g/mol. The number of aliphatic carboxylic acids is 1. The second-order valence-electron chi connectivity index (χ2n) is 10.5. The fourth-order valence-corrected chi connectivity index (χ4v) is 5.64. The zero-order chi connectivity index (χ0) is 29.6. The number of carbonyl (C=O) groups is 2. The molecular weight excluding hydrogens is 567 g/mol.